The van der Waals surface area contributed by atoms with Crippen molar-refractivity contribution in [3.63, 3.8) is 0 Å². The molecule has 4 aromatic carbocycles. The van der Waals surface area contributed by atoms with E-state index in [-0.39, 0.29) is 11.3 Å². The molecular formula is C33H29F3O4. The Balaban J connectivity index is 1.46. The van der Waals surface area contributed by atoms with Crippen LogP contribution in [0.3, 0.4) is 0 Å². The van der Waals surface area contributed by atoms with Gasteiger partial charge in [0, 0.05) is 17.2 Å². The Hall–Kier alpha value is -4.36. The number of carbonyl (C=O) groups excluding carboxylic acids is 1. The molecule has 0 aliphatic rings. The largest absolute Gasteiger partial charge is 0.493 e. The molecule has 0 heterocycles. The average molecular weight is 547 g/mol. The van der Waals surface area contributed by atoms with Crippen LogP contribution in [0.2, 0.25) is 0 Å². The molecule has 0 spiro atoms. The standard InChI is InChI=1S/C33H29F3O4/c1-3-5-19-39-25-15-16-26(29(34)20-25)21-11-13-24(14-12-21)40-33(38)28-18-17-27(31(35)32(28)36)22-7-9-23(10-8-22)30(37)6-4-2/h3,7-18,20,30,37H,1,4-6,19H2,2H3. The summed E-state index contributed by atoms with van der Waals surface area (Å²) in [5.41, 5.74) is 1.37. The van der Waals surface area contributed by atoms with Crippen molar-refractivity contribution in [3.8, 4) is 33.8 Å². The van der Waals surface area contributed by atoms with Crippen molar-refractivity contribution in [1.29, 1.82) is 0 Å². The minimum atomic E-state index is -1.33. The Morgan fingerprint density at radius 3 is 2.15 bits per heavy atom. The third-order valence-corrected chi connectivity index (χ3v) is 6.38. The van der Waals surface area contributed by atoms with Gasteiger partial charge in [-0.05, 0) is 59.9 Å². The van der Waals surface area contributed by atoms with Gasteiger partial charge < -0.3 is 14.6 Å². The van der Waals surface area contributed by atoms with E-state index in [0.717, 1.165) is 6.42 Å². The topological polar surface area (TPSA) is 55.8 Å². The molecule has 0 aliphatic carbocycles. The van der Waals surface area contributed by atoms with Crippen molar-refractivity contribution >= 4 is 5.97 Å². The highest BCUT2D eigenvalue weighted by Crippen LogP contribution is 2.31. The van der Waals surface area contributed by atoms with Crippen molar-refractivity contribution < 1.29 is 32.5 Å². The quantitative estimate of drug-likeness (QED) is 0.0888. The highest BCUT2D eigenvalue weighted by atomic mass is 19.2. The second-order valence-electron chi connectivity index (χ2n) is 9.20. The van der Waals surface area contributed by atoms with Crippen molar-refractivity contribution in [1.82, 2.24) is 0 Å². The number of carbonyl (C=O) groups is 1. The van der Waals surface area contributed by atoms with Crippen LogP contribution in [0.5, 0.6) is 11.5 Å². The molecule has 1 unspecified atom stereocenters. The number of halogens is 3. The van der Waals surface area contributed by atoms with Crippen LogP contribution in [-0.4, -0.2) is 17.7 Å². The van der Waals surface area contributed by atoms with Gasteiger partial charge in [-0.3, -0.25) is 0 Å². The van der Waals surface area contributed by atoms with Crippen molar-refractivity contribution in [2.45, 2.75) is 32.3 Å². The first kappa shape index (κ1) is 28.6. The summed E-state index contributed by atoms with van der Waals surface area (Å²) in [6.07, 6.45) is 3.13. The zero-order valence-electron chi connectivity index (χ0n) is 22.0. The van der Waals surface area contributed by atoms with Gasteiger partial charge >= 0.3 is 5.97 Å². The zero-order valence-corrected chi connectivity index (χ0v) is 22.0. The number of benzene rings is 4. The molecule has 7 heteroatoms. The maximum absolute atomic E-state index is 14.9. The molecule has 0 bridgehead atoms. The molecular weight excluding hydrogens is 517 g/mol. The Bertz CT molecular complexity index is 1480. The molecule has 0 amide bonds. The summed E-state index contributed by atoms with van der Waals surface area (Å²) in [6.45, 7) is 5.97. The van der Waals surface area contributed by atoms with E-state index >= 15 is 0 Å². The molecule has 0 aliphatic heterocycles. The number of ether oxygens (including phenoxy) is 2. The van der Waals surface area contributed by atoms with Gasteiger partial charge in [0.25, 0.3) is 0 Å². The molecule has 0 fully saturated rings. The molecule has 4 aromatic rings. The lowest BCUT2D eigenvalue weighted by Crippen LogP contribution is -2.12. The summed E-state index contributed by atoms with van der Waals surface area (Å²) in [6, 6.07) is 19.5. The number of esters is 1. The van der Waals surface area contributed by atoms with Gasteiger partial charge in [-0.1, -0.05) is 61.9 Å². The van der Waals surface area contributed by atoms with Crippen molar-refractivity contribution in [3.05, 3.63) is 120 Å². The molecule has 0 saturated heterocycles. The van der Waals surface area contributed by atoms with Crippen LogP contribution in [0, 0.1) is 17.5 Å². The van der Waals surface area contributed by atoms with Gasteiger partial charge in [0.05, 0.1) is 18.3 Å². The number of rotatable bonds is 11. The SMILES string of the molecule is C=CCCOc1ccc(-c2ccc(OC(=O)c3ccc(-c4ccc(C(O)CCC)cc4)c(F)c3F)cc2)c(F)c1. The van der Waals surface area contributed by atoms with Crippen LogP contribution in [0.15, 0.2) is 91.5 Å². The van der Waals surface area contributed by atoms with E-state index in [4.69, 9.17) is 9.47 Å². The lowest BCUT2D eigenvalue weighted by atomic mass is 9.98. The van der Waals surface area contributed by atoms with Gasteiger partial charge in [0.1, 0.15) is 17.3 Å². The first-order valence-electron chi connectivity index (χ1n) is 12.9. The number of hydrogen-bond donors (Lipinski definition) is 1. The van der Waals surface area contributed by atoms with E-state index in [2.05, 4.69) is 6.58 Å². The molecule has 0 aromatic heterocycles. The second kappa shape index (κ2) is 13.1. The van der Waals surface area contributed by atoms with Crippen molar-refractivity contribution in [2.75, 3.05) is 6.61 Å². The molecule has 1 N–H and O–H groups in total. The van der Waals surface area contributed by atoms with Crippen molar-refractivity contribution in [2.24, 2.45) is 0 Å². The molecule has 206 valence electrons. The normalized spacial score (nSPS) is 11.6. The molecule has 0 radical (unpaired) electrons. The van der Waals surface area contributed by atoms with Gasteiger partial charge in [0.15, 0.2) is 11.6 Å². The predicted octanol–water partition coefficient (Wildman–Crippen LogP) is 8.45. The molecule has 40 heavy (non-hydrogen) atoms. The first-order chi connectivity index (χ1) is 19.3. The second-order valence-corrected chi connectivity index (χ2v) is 9.20. The average Bonchev–Trinajstić information content (AvgIpc) is 2.95. The van der Waals surface area contributed by atoms with Gasteiger partial charge in [-0.15, -0.1) is 6.58 Å². The molecule has 0 saturated carbocycles. The van der Waals surface area contributed by atoms with Crippen LogP contribution in [-0.2, 0) is 0 Å². The molecule has 4 nitrogen and oxygen atoms in total. The van der Waals surface area contributed by atoms with Crippen LogP contribution in [0.4, 0.5) is 13.2 Å². The maximum atomic E-state index is 14.9. The Labute approximate surface area is 231 Å². The maximum Gasteiger partial charge on any atom is 0.346 e. The van der Waals surface area contributed by atoms with E-state index in [1.165, 1.54) is 30.3 Å². The highest BCUT2D eigenvalue weighted by Gasteiger charge is 2.21. The fourth-order valence-electron chi connectivity index (χ4n) is 4.20. The van der Waals surface area contributed by atoms with Gasteiger partial charge in [0.2, 0.25) is 0 Å². The Kier molecular flexibility index (Phi) is 9.40. The fraction of sp³-hybridized carbons (Fsp3) is 0.182. The number of aliphatic hydroxyl groups is 1. The van der Waals surface area contributed by atoms with E-state index in [1.54, 1.807) is 54.6 Å². The van der Waals surface area contributed by atoms with Crippen LogP contribution in [0.25, 0.3) is 22.3 Å². The summed E-state index contributed by atoms with van der Waals surface area (Å²) < 4.78 is 55.2. The number of aliphatic hydroxyl groups excluding tert-OH is 1. The van der Waals surface area contributed by atoms with Crippen LogP contribution in [0.1, 0.15) is 48.2 Å². The lowest BCUT2D eigenvalue weighted by Gasteiger charge is -2.12. The highest BCUT2D eigenvalue weighted by molar-refractivity contribution is 5.92. The predicted molar refractivity (Wildman–Crippen MR) is 149 cm³/mol. The van der Waals surface area contributed by atoms with E-state index in [9.17, 15) is 23.1 Å². The minimum absolute atomic E-state index is 0.0194. The fourth-order valence-corrected chi connectivity index (χ4v) is 4.20. The van der Waals surface area contributed by atoms with E-state index in [0.29, 0.717) is 47.5 Å². The Morgan fingerprint density at radius 1 is 0.875 bits per heavy atom. The smallest absolute Gasteiger partial charge is 0.346 e. The minimum Gasteiger partial charge on any atom is -0.493 e. The first-order valence-corrected chi connectivity index (χ1v) is 12.9. The van der Waals surface area contributed by atoms with E-state index in [1.807, 2.05) is 6.92 Å². The molecule has 4 rings (SSSR count). The number of hydrogen-bond acceptors (Lipinski definition) is 4. The third-order valence-electron chi connectivity index (χ3n) is 6.38. The lowest BCUT2D eigenvalue weighted by molar-refractivity contribution is 0.0728. The molecule has 1 atom stereocenters. The summed E-state index contributed by atoms with van der Waals surface area (Å²) in [7, 11) is 0. The van der Waals surface area contributed by atoms with Gasteiger partial charge in [-0.2, -0.15) is 0 Å². The monoisotopic (exact) mass is 546 g/mol. The summed E-state index contributed by atoms with van der Waals surface area (Å²) in [4.78, 5) is 12.6. The van der Waals surface area contributed by atoms with E-state index < -0.39 is 35.1 Å². The summed E-state index contributed by atoms with van der Waals surface area (Å²) >= 11 is 0. The summed E-state index contributed by atoms with van der Waals surface area (Å²) in [5.74, 6) is -3.57. The summed E-state index contributed by atoms with van der Waals surface area (Å²) in [5, 5.41) is 10.1. The van der Waals surface area contributed by atoms with Crippen LogP contribution >= 0.6 is 0 Å². The van der Waals surface area contributed by atoms with Crippen LogP contribution < -0.4 is 9.47 Å². The zero-order chi connectivity index (χ0) is 28.6. The Morgan fingerprint density at radius 2 is 1.50 bits per heavy atom. The third kappa shape index (κ3) is 6.61. The van der Waals surface area contributed by atoms with Gasteiger partial charge in [-0.25, -0.2) is 18.0 Å².